The van der Waals surface area contributed by atoms with Crippen molar-refractivity contribution in [1.82, 2.24) is 20.3 Å². The number of aromatic nitrogens is 3. The Labute approximate surface area is 159 Å². The summed E-state index contributed by atoms with van der Waals surface area (Å²) in [6, 6.07) is 4.00. The molecule has 2 fully saturated rings. The lowest BCUT2D eigenvalue weighted by Crippen LogP contribution is -2.43. The Bertz CT molecular complexity index is 757. The van der Waals surface area contributed by atoms with Crippen molar-refractivity contribution in [1.29, 1.82) is 0 Å². The van der Waals surface area contributed by atoms with Gasteiger partial charge in [-0.2, -0.15) is 0 Å². The number of aliphatic hydroxyl groups excluding tert-OH is 1. The van der Waals surface area contributed by atoms with Gasteiger partial charge in [0.2, 0.25) is 0 Å². The zero-order valence-corrected chi connectivity index (χ0v) is 15.6. The van der Waals surface area contributed by atoms with E-state index in [1.54, 1.807) is 6.20 Å². The van der Waals surface area contributed by atoms with Crippen molar-refractivity contribution in [2.45, 2.75) is 31.7 Å². The third kappa shape index (κ3) is 4.64. The van der Waals surface area contributed by atoms with Crippen LogP contribution in [-0.4, -0.2) is 58.9 Å². The number of nitrogens with zero attached hydrogens (tertiary/aromatic N) is 4. The first-order valence-corrected chi connectivity index (χ1v) is 9.65. The van der Waals surface area contributed by atoms with Crippen LogP contribution in [0.5, 0.6) is 0 Å². The van der Waals surface area contributed by atoms with Crippen molar-refractivity contribution in [2.75, 3.05) is 48.3 Å². The summed E-state index contributed by atoms with van der Waals surface area (Å²) in [4.78, 5) is 16.0. The second-order valence-electron chi connectivity index (χ2n) is 7.29. The molecule has 2 aromatic rings. The number of anilines is 4. The van der Waals surface area contributed by atoms with E-state index < -0.39 is 0 Å². The molecular weight excluding hydrogens is 342 g/mol. The maximum absolute atomic E-state index is 9.35. The fourth-order valence-corrected chi connectivity index (χ4v) is 3.18. The zero-order valence-electron chi connectivity index (χ0n) is 15.6. The molecule has 1 atom stereocenters. The van der Waals surface area contributed by atoms with Crippen LogP contribution < -0.4 is 20.9 Å². The summed E-state index contributed by atoms with van der Waals surface area (Å²) < 4.78 is 0. The van der Waals surface area contributed by atoms with E-state index in [0.717, 1.165) is 43.4 Å². The van der Waals surface area contributed by atoms with E-state index in [-0.39, 0.29) is 12.6 Å². The SMILES string of the molecule is C[C@@H](CO)Nc1cc(N2CCNCC2)cc(Nc2cnc(C3CC3)cn2)n1. The van der Waals surface area contributed by atoms with Crippen LogP contribution in [0.3, 0.4) is 0 Å². The fourth-order valence-electron chi connectivity index (χ4n) is 3.18. The molecule has 0 unspecified atom stereocenters. The van der Waals surface area contributed by atoms with Gasteiger partial charge in [-0.3, -0.25) is 4.98 Å². The van der Waals surface area contributed by atoms with Crippen molar-refractivity contribution >= 4 is 23.1 Å². The number of aliphatic hydroxyl groups is 1. The molecule has 2 aromatic heterocycles. The van der Waals surface area contributed by atoms with Gasteiger partial charge in [-0.15, -0.1) is 0 Å². The summed E-state index contributed by atoms with van der Waals surface area (Å²) >= 11 is 0. The molecular formula is C19H27N7O. The maximum atomic E-state index is 9.35. The van der Waals surface area contributed by atoms with Gasteiger partial charge in [0.1, 0.15) is 17.5 Å². The molecule has 144 valence electrons. The number of nitrogens with one attached hydrogen (secondary N) is 3. The summed E-state index contributed by atoms with van der Waals surface area (Å²) in [6.07, 6.45) is 6.06. The number of pyridine rings is 1. The Balaban J connectivity index is 1.56. The first kappa shape index (κ1) is 17.9. The van der Waals surface area contributed by atoms with Gasteiger partial charge in [0.05, 0.1) is 24.7 Å². The van der Waals surface area contributed by atoms with Crippen molar-refractivity contribution in [3.8, 4) is 0 Å². The van der Waals surface area contributed by atoms with E-state index in [1.165, 1.54) is 12.8 Å². The van der Waals surface area contributed by atoms with Gasteiger partial charge >= 0.3 is 0 Å². The van der Waals surface area contributed by atoms with Crippen LogP contribution in [0, 0.1) is 0 Å². The first-order chi connectivity index (χ1) is 13.2. The Morgan fingerprint density at radius 2 is 1.93 bits per heavy atom. The number of hydrogen-bond acceptors (Lipinski definition) is 8. The second-order valence-corrected chi connectivity index (χ2v) is 7.29. The minimum absolute atomic E-state index is 0.0520. The average Bonchev–Trinajstić information content (AvgIpc) is 3.54. The summed E-state index contributed by atoms with van der Waals surface area (Å²) in [7, 11) is 0. The van der Waals surface area contributed by atoms with Gasteiger partial charge in [-0.05, 0) is 19.8 Å². The Kier molecular flexibility index (Phi) is 5.35. The predicted molar refractivity (Wildman–Crippen MR) is 107 cm³/mol. The molecule has 8 nitrogen and oxygen atoms in total. The minimum Gasteiger partial charge on any atom is -0.394 e. The molecule has 0 bridgehead atoms. The van der Waals surface area contributed by atoms with Crippen molar-refractivity contribution in [3.63, 3.8) is 0 Å². The van der Waals surface area contributed by atoms with Crippen molar-refractivity contribution in [2.24, 2.45) is 0 Å². The molecule has 4 rings (SSSR count). The van der Waals surface area contributed by atoms with Crippen molar-refractivity contribution < 1.29 is 5.11 Å². The summed E-state index contributed by atoms with van der Waals surface area (Å²) in [5.41, 5.74) is 2.17. The fraction of sp³-hybridized carbons (Fsp3) is 0.526. The van der Waals surface area contributed by atoms with E-state index in [4.69, 9.17) is 0 Å². The summed E-state index contributed by atoms with van der Waals surface area (Å²) in [5, 5.41) is 19.2. The molecule has 0 radical (unpaired) electrons. The van der Waals surface area contributed by atoms with Crippen LogP contribution >= 0.6 is 0 Å². The third-order valence-corrected chi connectivity index (χ3v) is 4.88. The van der Waals surface area contributed by atoms with E-state index in [2.05, 4.69) is 35.8 Å². The molecule has 27 heavy (non-hydrogen) atoms. The highest BCUT2D eigenvalue weighted by Crippen LogP contribution is 2.38. The number of rotatable bonds is 7. The van der Waals surface area contributed by atoms with Crippen LogP contribution in [0.4, 0.5) is 23.1 Å². The molecule has 1 saturated heterocycles. The molecule has 0 amide bonds. The standard InChI is InChI=1S/C19H27N7O/c1-13(12-27)23-17-8-15(26-6-4-20-5-7-26)9-18(24-17)25-19-11-21-16(10-22-19)14-2-3-14/h8-11,13-14,20,27H,2-7,12H2,1H3,(H2,22,23,24,25)/t13-/m0/s1. The van der Waals surface area contributed by atoms with Crippen LogP contribution in [0.1, 0.15) is 31.4 Å². The summed E-state index contributed by atoms with van der Waals surface area (Å²) in [5.74, 6) is 2.73. The zero-order chi connectivity index (χ0) is 18.6. The summed E-state index contributed by atoms with van der Waals surface area (Å²) in [6.45, 7) is 5.82. The molecule has 1 aliphatic heterocycles. The van der Waals surface area contributed by atoms with E-state index in [0.29, 0.717) is 17.6 Å². The van der Waals surface area contributed by atoms with Crippen molar-refractivity contribution in [3.05, 3.63) is 30.2 Å². The van der Waals surface area contributed by atoms with Gasteiger partial charge < -0.3 is 26.0 Å². The normalized spacial score (nSPS) is 18.2. The van der Waals surface area contributed by atoms with Gasteiger partial charge in [0.15, 0.2) is 0 Å². The van der Waals surface area contributed by atoms with Crippen LogP contribution in [0.2, 0.25) is 0 Å². The highest BCUT2D eigenvalue weighted by Gasteiger charge is 2.25. The minimum atomic E-state index is -0.0683. The quantitative estimate of drug-likeness (QED) is 0.585. The predicted octanol–water partition coefficient (Wildman–Crippen LogP) is 1.69. The lowest BCUT2D eigenvalue weighted by molar-refractivity contribution is 0.281. The van der Waals surface area contributed by atoms with Gasteiger partial charge in [0, 0.05) is 56.0 Å². The highest BCUT2D eigenvalue weighted by atomic mass is 16.3. The smallest absolute Gasteiger partial charge is 0.150 e. The van der Waals surface area contributed by atoms with Gasteiger partial charge in [0.25, 0.3) is 0 Å². The largest absolute Gasteiger partial charge is 0.394 e. The second kappa shape index (κ2) is 8.06. The van der Waals surface area contributed by atoms with Crippen LogP contribution in [0.25, 0.3) is 0 Å². The average molecular weight is 369 g/mol. The lowest BCUT2D eigenvalue weighted by atomic mass is 10.2. The van der Waals surface area contributed by atoms with E-state index in [1.807, 2.05) is 25.3 Å². The molecule has 4 N–H and O–H groups in total. The van der Waals surface area contributed by atoms with Gasteiger partial charge in [-0.25, -0.2) is 9.97 Å². The Morgan fingerprint density at radius 3 is 2.59 bits per heavy atom. The Hall–Kier alpha value is -2.45. The Morgan fingerprint density at radius 1 is 1.15 bits per heavy atom. The third-order valence-electron chi connectivity index (χ3n) is 4.88. The lowest BCUT2D eigenvalue weighted by Gasteiger charge is -2.30. The number of hydrogen-bond donors (Lipinski definition) is 4. The molecule has 0 spiro atoms. The van der Waals surface area contributed by atoms with E-state index in [9.17, 15) is 5.11 Å². The molecule has 0 aromatic carbocycles. The molecule has 3 heterocycles. The van der Waals surface area contributed by atoms with Crippen LogP contribution in [0.15, 0.2) is 24.5 Å². The van der Waals surface area contributed by atoms with Gasteiger partial charge in [-0.1, -0.05) is 0 Å². The highest BCUT2D eigenvalue weighted by molar-refractivity contribution is 5.65. The molecule has 8 heteroatoms. The number of piperazine rings is 1. The monoisotopic (exact) mass is 369 g/mol. The molecule has 2 aliphatic rings. The first-order valence-electron chi connectivity index (χ1n) is 9.65. The van der Waals surface area contributed by atoms with E-state index >= 15 is 0 Å². The van der Waals surface area contributed by atoms with Crippen LogP contribution in [-0.2, 0) is 0 Å². The molecule has 1 saturated carbocycles. The topological polar surface area (TPSA) is 98.2 Å². The molecule has 1 aliphatic carbocycles. The maximum Gasteiger partial charge on any atom is 0.150 e.